The number of halogens is 2. The Kier molecular flexibility index (Phi) is 5.69. The predicted molar refractivity (Wildman–Crippen MR) is 83.0 cm³/mol. The highest BCUT2D eigenvalue weighted by Gasteiger charge is 2.27. The van der Waals surface area contributed by atoms with E-state index in [1.807, 2.05) is 0 Å². The van der Waals surface area contributed by atoms with E-state index in [1.54, 1.807) is 6.07 Å². The summed E-state index contributed by atoms with van der Waals surface area (Å²) in [4.78, 5) is 0. The highest BCUT2D eigenvalue weighted by Crippen LogP contribution is 2.24. The Morgan fingerprint density at radius 2 is 2.09 bits per heavy atom. The number of nitrogens with zero attached hydrogens (tertiary/aromatic N) is 1. The quantitative estimate of drug-likeness (QED) is 0.752. The maximum Gasteiger partial charge on any atom is 0.217 e. The Morgan fingerprint density at radius 1 is 1.32 bits per heavy atom. The van der Waals surface area contributed by atoms with Gasteiger partial charge in [0.2, 0.25) is 10.0 Å². The lowest BCUT2D eigenvalue weighted by atomic mass is 9.93. The van der Waals surface area contributed by atoms with Gasteiger partial charge in [0, 0.05) is 13.1 Å². The number of sulfonamides is 1. The second kappa shape index (κ2) is 7.33. The topological polar surface area (TPSA) is 37.4 Å². The van der Waals surface area contributed by atoms with Crippen molar-refractivity contribution in [3.05, 3.63) is 48.1 Å². The van der Waals surface area contributed by atoms with Crippen molar-refractivity contribution in [2.75, 3.05) is 18.8 Å². The Hall–Kier alpha value is -1.27. The van der Waals surface area contributed by atoms with Gasteiger partial charge in [0.25, 0.3) is 0 Å². The normalized spacial score (nSPS) is 20.0. The third-order valence-corrected chi connectivity index (χ3v) is 5.80. The van der Waals surface area contributed by atoms with Crippen LogP contribution in [0.25, 0.3) is 0 Å². The lowest BCUT2D eigenvalue weighted by Crippen LogP contribution is -2.40. The van der Waals surface area contributed by atoms with Crippen molar-refractivity contribution in [2.24, 2.45) is 5.92 Å². The van der Waals surface area contributed by atoms with E-state index in [-0.39, 0.29) is 11.7 Å². The third kappa shape index (κ3) is 4.36. The van der Waals surface area contributed by atoms with E-state index in [0.717, 1.165) is 30.9 Å². The number of rotatable bonds is 6. The van der Waals surface area contributed by atoms with Crippen molar-refractivity contribution in [1.29, 1.82) is 0 Å². The Labute approximate surface area is 130 Å². The number of hydrogen-bond acceptors (Lipinski definition) is 2. The average molecular weight is 329 g/mol. The Balaban J connectivity index is 1.93. The molecule has 0 N–H and O–H groups in total. The van der Waals surface area contributed by atoms with Gasteiger partial charge in [-0.1, -0.05) is 12.1 Å². The monoisotopic (exact) mass is 329 g/mol. The highest BCUT2D eigenvalue weighted by molar-refractivity contribution is 7.89. The molecule has 0 bridgehead atoms. The van der Waals surface area contributed by atoms with Crippen LogP contribution in [0.3, 0.4) is 0 Å². The smallest absolute Gasteiger partial charge is 0.212 e. The summed E-state index contributed by atoms with van der Waals surface area (Å²) in [6.45, 7) is 4.53. The molecule has 0 saturated carbocycles. The molecular weight excluding hydrogens is 308 g/mol. The standard InChI is InChI=1S/C16H21F2NO2S/c1-2-10-22(20,21)19-9-3-4-14(12-19)6-5-13-7-8-15(17)16(18)11-13/h2,7-8,11,14H,1,3-6,9-10,12H2/t14-/m1/s1. The minimum Gasteiger partial charge on any atom is -0.212 e. The number of aryl methyl sites for hydroxylation is 1. The first kappa shape index (κ1) is 17.1. The largest absolute Gasteiger partial charge is 0.217 e. The van der Waals surface area contributed by atoms with Crippen molar-refractivity contribution < 1.29 is 17.2 Å². The number of benzene rings is 1. The van der Waals surface area contributed by atoms with Gasteiger partial charge >= 0.3 is 0 Å². The summed E-state index contributed by atoms with van der Waals surface area (Å²) in [6, 6.07) is 3.92. The van der Waals surface area contributed by atoms with Gasteiger partial charge < -0.3 is 0 Å². The third-order valence-electron chi connectivity index (χ3n) is 4.03. The summed E-state index contributed by atoms with van der Waals surface area (Å²) < 4.78 is 51.7. The zero-order valence-corrected chi connectivity index (χ0v) is 13.3. The molecule has 1 aliphatic heterocycles. The van der Waals surface area contributed by atoms with E-state index in [1.165, 1.54) is 16.4 Å². The first-order chi connectivity index (χ1) is 10.4. The molecule has 2 rings (SSSR count). The molecular formula is C16H21F2NO2S. The van der Waals surface area contributed by atoms with Crippen LogP contribution >= 0.6 is 0 Å². The molecule has 1 heterocycles. The van der Waals surface area contributed by atoms with Crippen molar-refractivity contribution >= 4 is 10.0 Å². The van der Waals surface area contributed by atoms with Gasteiger partial charge in [-0.05, 0) is 49.3 Å². The van der Waals surface area contributed by atoms with E-state index in [2.05, 4.69) is 6.58 Å². The average Bonchev–Trinajstić information content (AvgIpc) is 2.49. The van der Waals surface area contributed by atoms with E-state index in [0.29, 0.717) is 19.5 Å². The zero-order chi connectivity index (χ0) is 16.2. The van der Waals surface area contributed by atoms with Crippen LogP contribution in [0, 0.1) is 17.6 Å². The van der Waals surface area contributed by atoms with E-state index in [9.17, 15) is 17.2 Å². The molecule has 22 heavy (non-hydrogen) atoms. The van der Waals surface area contributed by atoms with Crippen LogP contribution in [-0.2, 0) is 16.4 Å². The van der Waals surface area contributed by atoms with Crippen LogP contribution in [0.5, 0.6) is 0 Å². The number of hydrogen-bond donors (Lipinski definition) is 0. The molecule has 1 atom stereocenters. The van der Waals surface area contributed by atoms with Crippen LogP contribution in [0.1, 0.15) is 24.8 Å². The molecule has 0 radical (unpaired) electrons. The van der Waals surface area contributed by atoms with Crippen molar-refractivity contribution in [2.45, 2.75) is 25.7 Å². The van der Waals surface area contributed by atoms with Gasteiger partial charge in [-0.2, -0.15) is 0 Å². The van der Waals surface area contributed by atoms with Crippen molar-refractivity contribution in [3.63, 3.8) is 0 Å². The minimum absolute atomic E-state index is 0.0388. The summed E-state index contributed by atoms with van der Waals surface area (Å²) >= 11 is 0. The van der Waals surface area contributed by atoms with Gasteiger partial charge in [-0.3, -0.25) is 0 Å². The molecule has 6 heteroatoms. The first-order valence-corrected chi connectivity index (χ1v) is 9.06. The summed E-state index contributed by atoms with van der Waals surface area (Å²) in [5.74, 6) is -1.47. The van der Waals surface area contributed by atoms with Crippen LogP contribution in [-0.4, -0.2) is 31.6 Å². The molecule has 3 nitrogen and oxygen atoms in total. The molecule has 0 aromatic heterocycles. The SMILES string of the molecule is C=CCS(=O)(=O)N1CCC[C@H](CCc2ccc(F)c(F)c2)C1. The molecule has 0 amide bonds. The van der Waals surface area contributed by atoms with Crippen LogP contribution in [0.15, 0.2) is 30.9 Å². The van der Waals surface area contributed by atoms with E-state index < -0.39 is 21.7 Å². The molecule has 0 unspecified atom stereocenters. The maximum atomic E-state index is 13.2. The summed E-state index contributed by atoms with van der Waals surface area (Å²) in [7, 11) is -3.26. The molecule has 0 aliphatic carbocycles. The molecule has 1 fully saturated rings. The van der Waals surface area contributed by atoms with E-state index >= 15 is 0 Å². The fraction of sp³-hybridized carbons (Fsp3) is 0.500. The van der Waals surface area contributed by atoms with Gasteiger partial charge in [-0.15, -0.1) is 6.58 Å². The van der Waals surface area contributed by atoms with Gasteiger partial charge in [-0.25, -0.2) is 21.5 Å². The van der Waals surface area contributed by atoms with Crippen LogP contribution in [0.2, 0.25) is 0 Å². The second-order valence-electron chi connectivity index (χ2n) is 5.72. The van der Waals surface area contributed by atoms with Crippen molar-refractivity contribution in [3.8, 4) is 0 Å². The summed E-state index contributed by atoms with van der Waals surface area (Å²) in [5, 5.41) is 0. The minimum atomic E-state index is -3.26. The summed E-state index contributed by atoms with van der Waals surface area (Å²) in [6.07, 6.45) is 4.59. The first-order valence-electron chi connectivity index (χ1n) is 7.45. The molecule has 0 spiro atoms. The maximum absolute atomic E-state index is 13.2. The zero-order valence-electron chi connectivity index (χ0n) is 12.5. The van der Waals surface area contributed by atoms with Gasteiger partial charge in [0.15, 0.2) is 11.6 Å². The van der Waals surface area contributed by atoms with Crippen molar-refractivity contribution in [1.82, 2.24) is 4.31 Å². The molecule has 1 aromatic carbocycles. The Morgan fingerprint density at radius 3 is 2.77 bits per heavy atom. The van der Waals surface area contributed by atoms with Crippen LogP contribution in [0.4, 0.5) is 8.78 Å². The van der Waals surface area contributed by atoms with Gasteiger partial charge in [0.1, 0.15) is 0 Å². The summed E-state index contributed by atoms with van der Waals surface area (Å²) in [5.41, 5.74) is 0.741. The highest BCUT2D eigenvalue weighted by atomic mass is 32.2. The van der Waals surface area contributed by atoms with Gasteiger partial charge in [0.05, 0.1) is 5.75 Å². The second-order valence-corrected chi connectivity index (χ2v) is 7.73. The lowest BCUT2D eigenvalue weighted by molar-refractivity contribution is 0.256. The molecule has 1 saturated heterocycles. The Bertz CT molecular complexity index is 631. The molecule has 1 aliphatic rings. The number of piperidine rings is 1. The lowest BCUT2D eigenvalue weighted by Gasteiger charge is -2.31. The fourth-order valence-electron chi connectivity index (χ4n) is 2.84. The fourth-order valence-corrected chi connectivity index (χ4v) is 4.19. The molecule has 122 valence electrons. The molecule has 1 aromatic rings. The predicted octanol–water partition coefficient (Wildman–Crippen LogP) is 3.13. The van der Waals surface area contributed by atoms with Crippen LogP contribution < -0.4 is 0 Å². The van der Waals surface area contributed by atoms with E-state index in [4.69, 9.17) is 0 Å².